The van der Waals surface area contributed by atoms with Gasteiger partial charge in [-0.3, -0.25) is 4.79 Å². The number of carboxylic acid groups (broad SMARTS) is 1. The number of aromatic carboxylic acids is 1. The summed E-state index contributed by atoms with van der Waals surface area (Å²) in [6, 6.07) is 1.77. The van der Waals surface area contributed by atoms with Crippen molar-refractivity contribution in [2.45, 2.75) is 6.42 Å². The summed E-state index contributed by atoms with van der Waals surface area (Å²) in [5, 5.41) is 11.7. The molecule has 136 valence electrons. The molecule has 0 radical (unpaired) electrons. The van der Waals surface area contributed by atoms with Gasteiger partial charge in [0, 0.05) is 51.5 Å². The molecule has 1 saturated heterocycles. The number of nitrogens with zero attached hydrogens (tertiary/aromatic N) is 6. The maximum atomic E-state index is 12.3. The molecule has 0 unspecified atom stereocenters. The summed E-state index contributed by atoms with van der Waals surface area (Å²) in [5.74, 6) is 0.0546. The minimum absolute atomic E-state index is 0.0567. The zero-order valence-electron chi connectivity index (χ0n) is 14.1. The minimum Gasteiger partial charge on any atom is -0.476 e. The third-order valence-corrected chi connectivity index (χ3v) is 3.98. The molecule has 0 spiro atoms. The first kappa shape index (κ1) is 17.5. The number of hydrogen-bond acceptors (Lipinski definition) is 8. The molecule has 10 heteroatoms. The lowest BCUT2D eigenvalue weighted by atomic mass is 10.3. The third-order valence-electron chi connectivity index (χ3n) is 3.98. The Morgan fingerprint density at radius 1 is 1.04 bits per heavy atom. The van der Waals surface area contributed by atoms with E-state index in [0.717, 1.165) is 0 Å². The van der Waals surface area contributed by atoms with Crippen LogP contribution in [0.5, 0.6) is 0 Å². The van der Waals surface area contributed by atoms with Gasteiger partial charge in [0.15, 0.2) is 5.69 Å². The summed E-state index contributed by atoms with van der Waals surface area (Å²) in [4.78, 5) is 43.1. The lowest BCUT2D eigenvalue weighted by Gasteiger charge is -2.34. The maximum absolute atomic E-state index is 12.3. The molecule has 3 heterocycles. The monoisotopic (exact) mass is 357 g/mol. The molecule has 0 bridgehead atoms. The first-order valence-corrected chi connectivity index (χ1v) is 8.22. The SMILES string of the molecule is O=C(O)c1cnc(NCCC(=O)N2CCN(c3ncccn3)CC2)cn1. The zero-order chi connectivity index (χ0) is 18.4. The molecule has 0 saturated carbocycles. The van der Waals surface area contributed by atoms with Crippen LogP contribution < -0.4 is 10.2 Å². The Bertz CT molecular complexity index is 746. The Morgan fingerprint density at radius 3 is 2.38 bits per heavy atom. The summed E-state index contributed by atoms with van der Waals surface area (Å²) in [6.45, 7) is 3.06. The fraction of sp³-hybridized carbons (Fsp3) is 0.375. The van der Waals surface area contributed by atoms with E-state index < -0.39 is 5.97 Å². The van der Waals surface area contributed by atoms with Crippen molar-refractivity contribution in [3.05, 3.63) is 36.5 Å². The minimum atomic E-state index is -1.13. The second-order valence-electron chi connectivity index (χ2n) is 5.69. The van der Waals surface area contributed by atoms with Gasteiger partial charge in [-0.15, -0.1) is 0 Å². The van der Waals surface area contributed by atoms with E-state index in [1.54, 1.807) is 18.5 Å². The van der Waals surface area contributed by atoms with E-state index in [-0.39, 0.29) is 11.6 Å². The number of carbonyl (C=O) groups is 2. The molecule has 1 amide bonds. The number of carboxylic acids is 1. The van der Waals surface area contributed by atoms with Crippen molar-refractivity contribution in [2.75, 3.05) is 42.9 Å². The number of rotatable bonds is 6. The van der Waals surface area contributed by atoms with Crippen molar-refractivity contribution >= 4 is 23.6 Å². The Morgan fingerprint density at radius 2 is 1.77 bits per heavy atom. The molecule has 0 atom stereocenters. The molecule has 1 aliphatic rings. The smallest absolute Gasteiger partial charge is 0.356 e. The predicted octanol–water partition coefficient (Wildman–Crippen LogP) is 0.116. The second-order valence-corrected chi connectivity index (χ2v) is 5.69. The fourth-order valence-corrected chi connectivity index (χ4v) is 2.60. The summed E-state index contributed by atoms with van der Waals surface area (Å²) in [6.07, 6.45) is 6.25. The molecule has 3 rings (SSSR count). The molecule has 1 fully saturated rings. The van der Waals surface area contributed by atoms with Crippen molar-refractivity contribution in [3.8, 4) is 0 Å². The highest BCUT2D eigenvalue weighted by atomic mass is 16.4. The average molecular weight is 357 g/mol. The van der Waals surface area contributed by atoms with Crippen molar-refractivity contribution in [2.24, 2.45) is 0 Å². The van der Waals surface area contributed by atoms with Crippen LogP contribution in [-0.4, -0.2) is 74.5 Å². The lowest BCUT2D eigenvalue weighted by molar-refractivity contribution is -0.131. The van der Waals surface area contributed by atoms with E-state index in [2.05, 4.69) is 30.2 Å². The lowest BCUT2D eigenvalue weighted by Crippen LogP contribution is -2.49. The Balaban J connectivity index is 1.41. The molecular formula is C16H19N7O3. The highest BCUT2D eigenvalue weighted by molar-refractivity contribution is 5.84. The number of nitrogens with one attached hydrogen (secondary N) is 1. The molecule has 1 aliphatic heterocycles. The van der Waals surface area contributed by atoms with Gasteiger partial charge in [0.25, 0.3) is 0 Å². The number of amides is 1. The number of carbonyl (C=O) groups excluding carboxylic acids is 1. The number of anilines is 2. The Kier molecular flexibility index (Phi) is 5.52. The van der Waals surface area contributed by atoms with Crippen LogP contribution in [0.25, 0.3) is 0 Å². The molecule has 0 aromatic carbocycles. The van der Waals surface area contributed by atoms with E-state index in [1.165, 1.54) is 12.4 Å². The normalized spacial score (nSPS) is 14.2. The second kappa shape index (κ2) is 8.19. The van der Waals surface area contributed by atoms with Gasteiger partial charge >= 0.3 is 5.97 Å². The van der Waals surface area contributed by atoms with Gasteiger partial charge in [0.05, 0.1) is 12.4 Å². The van der Waals surface area contributed by atoms with Crippen LogP contribution in [0.3, 0.4) is 0 Å². The van der Waals surface area contributed by atoms with Gasteiger partial charge in [0.1, 0.15) is 5.82 Å². The molecule has 2 aromatic rings. The van der Waals surface area contributed by atoms with E-state index in [1.807, 2.05) is 4.90 Å². The molecule has 10 nitrogen and oxygen atoms in total. The molecule has 2 N–H and O–H groups in total. The van der Waals surface area contributed by atoms with Crippen molar-refractivity contribution in [1.82, 2.24) is 24.8 Å². The quantitative estimate of drug-likeness (QED) is 0.741. The summed E-state index contributed by atoms with van der Waals surface area (Å²) < 4.78 is 0. The topological polar surface area (TPSA) is 124 Å². The summed E-state index contributed by atoms with van der Waals surface area (Å²) in [5.41, 5.74) is -0.119. The summed E-state index contributed by atoms with van der Waals surface area (Å²) in [7, 11) is 0. The van der Waals surface area contributed by atoms with E-state index >= 15 is 0 Å². The van der Waals surface area contributed by atoms with Crippen LogP contribution in [0.15, 0.2) is 30.9 Å². The maximum Gasteiger partial charge on any atom is 0.356 e. The first-order chi connectivity index (χ1) is 12.6. The first-order valence-electron chi connectivity index (χ1n) is 8.22. The molecular weight excluding hydrogens is 338 g/mol. The molecule has 2 aromatic heterocycles. The molecule has 0 aliphatic carbocycles. The number of piperazine rings is 1. The van der Waals surface area contributed by atoms with Crippen LogP contribution in [0.1, 0.15) is 16.9 Å². The van der Waals surface area contributed by atoms with Gasteiger partial charge in [-0.25, -0.2) is 24.7 Å². The van der Waals surface area contributed by atoms with Crippen LogP contribution in [0, 0.1) is 0 Å². The van der Waals surface area contributed by atoms with Gasteiger partial charge in [-0.1, -0.05) is 0 Å². The van der Waals surface area contributed by atoms with Gasteiger partial charge in [-0.05, 0) is 6.07 Å². The highest BCUT2D eigenvalue weighted by Gasteiger charge is 2.22. The highest BCUT2D eigenvalue weighted by Crippen LogP contribution is 2.10. The van der Waals surface area contributed by atoms with Crippen LogP contribution in [0.2, 0.25) is 0 Å². The van der Waals surface area contributed by atoms with Crippen molar-refractivity contribution < 1.29 is 14.7 Å². The molecule has 26 heavy (non-hydrogen) atoms. The summed E-state index contributed by atoms with van der Waals surface area (Å²) >= 11 is 0. The average Bonchev–Trinajstić information content (AvgIpc) is 2.69. The van der Waals surface area contributed by atoms with Gasteiger partial charge in [0.2, 0.25) is 11.9 Å². The van der Waals surface area contributed by atoms with Gasteiger partial charge in [-0.2, -0.15) is 0 Å². The van der Waals surface area contributed by atoms with E-state index in [4.69, 9.17) is 5.11 Å². The third kappa shape index (κ3) is 4.41. The Hall–Kier alpha value is -3.30. The van der Waals surface area contributed by atoms with Crippen LogP contribution in [0.4, 0.5) is 11.8 Å². The van der Waals surface area contributed by atoms with E-state index in [9.17, 15) is 9.59 Å². The predicted molar refractivity (Wildman–Crippen MR) is 92.9 cm³/mol. The van der Waals surface area contributed by atoms with Gasteiger partial charge < -0.3 is 20.2 Å². The Labute approximate surface area is 149 Å². The number of hydrogen-bond donors (Lipinski definition) is 2. The standard InChI is InChI=1S/C16H19N7O3/c24-14(2-5-17-13-11-20-12(10-21-13)15(25)26)22-6-8-23(9-7-22)16-18-3-1-4-19-16/h1,3-4,10-11H,2,5-9H2,(H,17,21)(H,25,26). The fourth-order valence-electron chi connectivity index (χ4n) is 2.60. The van der Waals surface area contributed by atoms with Crippen molar-refractivity contribution in [3.63, 3.8) is 0 Å². The number of aromatic nitrogens is 4. The van der Waals surface area contributed by atoms with Crippen molar-refractivity contribution in [1.29, 1.82) is 0 Å². The van der Waals surface area contributed by atoms with E-state index in [0.29, 0.717) is 50.9 Å². The zero-order valence-corrected chi connectivity index (χ0v) is 14.1. The largest absolute Gasteiger partial charge is 0.476 e. The van der Waals surface area contributed by atoms with Crippen LogP contribution >= 0.6 is 0 Å². The van der Waals surface area contributed by atoms with Crippen LogP contribution in [-0.2, 0) is 4.79 Å².